The number of halogens is 1. The predicted octanol–water partition coefficient (Wildman–Crippen LogP) is 3.01. The molecule has 0 aliphatic heterocycles. The van der Waals surface area contributed by atoms with Crippen LogP contribution in [0.5, 0.6) is 0 Å². The van der Waals surface area contributed by atoms with Gasteiger partial charge in [0.25, 0.3) is 0 Å². The van der Waals surface area contributed by atoms with Crippen molar-refractivity contribution in [2.75, 3.05) is 5.88 Å². The van der Waals surface area contributed by atoms with Crippen LogP contribution >= 0.6 is 23.4 Å². The molecule has 1 unspecified atom stereocenters. The zero-order chi connectivity index (χ0) is 9.68. The molecule has 4 heteroatoms. The Morgan fingerprint density at radius 3 is 3.08 bits per heavy atom. The molecular weight excluding hydrogens is 204 g/mol. The van der Waals surface area contributed by atoms with E-state index in [1.54, 1.807) is 11.8 Å². The number of aryl methyl sites for hydroxylation is 1. The van der Waals surface area contributed by atoms with Crippen LogP contribution in [0.1, 0.15) is 20.3 Å². The number of hydrogen-bond donors (Lipinski definition) is 0. The third kappa shape index (κ3) is 3.24. The number of rotatable bonds is 5. The number of alkyl halides is 1. The standard InChI is InChI=1S/C9H15ClN2S/c1-3-12-7-6-11-9(12)13-8(2)4-5-10/h6-8H,3-5H2,1-2H3. The smallest absolute Gasteiger partial charge is 0.168 e. The highest BCUT2D eigenvalue weighted by Gasteiger charge is 2.07. The van der Waals surface area contributed by atoms with Crippen LogP contribution in [0.3, 0.4) is 0 Å². The summed E-state index contributed by atoms with van der Waals surface area (Å²) in [7, 11) is 0. The molecule has 0 fully saturated rings. The highest BCUT2D eigenvalue weighted by Crippen LogP contribution is 2.23. The van der Waals surface area contributed by atoms with Gasteiger partial charge in [0.2, 0.25) is 0 Å². The van der Waals surface area contributed by atoms with Gasteiger partial charge in [-0.25, -0.2) is 4.98 Å². The lowest BCUT2D eigenvalue weighted by Gasteiger charge is -2.09. The Morgan fingerprint density at radius 2 is 2.46 bits per heavy atom. The zero-order valence-corrected chi connectivity index (χ0v) is 9.61. The van der Waals surface area contributed by atoms with Crippen molar-refractivity contribution in [2.24, 2.45) is 0 Å². The average molecular weight is 219 g/mol. The molecule has 1 aromatic heterocycles. The van der Waals surface area contributed by atoms with Crippen molar-refractivity contribution < 1.29 is 0 Å². The molecule has 1 rings (SSSR count). The summed E-state index contributed by atoms with van der Waals surface area (Å²) in [4.78, 5) is 4.29. The van der Waals surface area contributed by atoms with Crippen molar-refractivity contribution in [3.8, 4) is 0 Å². The third-order valence-electron chi connectivity index (χ3n) is 1.84. The number of hydrogen-bond acceptors (Lipinski definition) is 2. The number of aromatic nitrogens is 2. The quantitative estimate of drug-likeness (QED) is 0.559. The summed E-state index contributed by atoms with van der Waals surface area (Å²) in [6.45, 7) is 5.29. The van der Waals surface area contributed by atoms with E-state index in [1.165, 1.54) is 0 Å². The Balaban J connectivity index is 2.52. The maximum Gasteiger partial charge on any atom is 0.168 e. The second-order valence-corrected chi connectivity index (χ2v) is 4.69. The van der Waals surface area contributed by atoms with Gasteiger partial charge in [-0.15, -0.1) is 11.6 Å². The third-order valence-corrected chi connectivity index (χ3v) is 3.25. The van der Waals surface area contributed by atoms with Crippen LogP contribution in [0.4, 0.5) is 0 Å². The predicted molar refractivity (Wildman–Crippen MR) is 58.6 cm³/mol. The van der Waals surface area contributed by atoms with E-state index in [-0.39, 0.29) is 0 Å². The van der Waals surface area contributed by atoms with Crippen molar-refractivity contribution >= 4 is 23.4 Å². The lowest BCUT2D eigenvalue weighted by molar-refractivity contribution is 0.678. The number of imidazole rings is 1. The Morgan fingerprint density at radius 1 is 1.69 bits per heavy atom. The van der Waals surface area contributed by atoms with Crippen LogP contribution < -0.4 is 0 Å². The number of nitrogens with zero attached hydrogens (tertiary/aromatic N) is 2. The van der Waals surface area contributed by atoms with Crippen molar-refractivity contribution in [1.29, 1.82) is 0 Å². The van der Waals surface area contributed by atoms with Crippen LogP contribution in [0.15, 0.2) is 17.6 Å². The van der Waals surface area contributed by atoms with Crippen molar-refractivity contribution in [3.63, 3.8) is 0 Å². The Hall–Kier alpha value is -0.150. The maximum atomic E-state index is 5.67. The molecule has 1 aromatic rings. The molecule has 2 nitrogen and oxygen atoms in total. The van der Waals surface area contributed by atoms with Crippen LogP contribution in [-0.4, -0.2) is 20.7 Å². The van der Waals surface area contributed by atoms with E-state index in [9.17, 15) is 0 Å². The Kier molecular flexibility index (Phi) is 4.67. The first-order chi connectivity index (χ1) is 6.27. The van der Waals surface area contributed by atoms with Crippen LogP contribution in [0, 0.1) is 0 Å². The summed E-state index contributed by atoms with van der Waals surface area (Å²) >= 11 is 7.46. The minimum atomic E-state index is 0.546. The average Bonchev–Trinajstić information content (AvgIpc) is 2.52. The molecule has 0 aliphatic carbocycles. The fraction of sp³-hybridized carbons (Fsp3) is 0.667. The van der Waals surface area contributed by atoms with E-state index < -0.39 is 0 Å². The van der Waals surface area contributed by atoms with Crippen molar-refractivity contribution in [3.05, 3.63) is 12.4 Å². The normalized spacial score (nSPS) is 13.2. The number of thioether (sulfide) groups is 1. The van der Waals surface area contributed by atoms with Crippen LogP contribution in [-0.2, 0) is 6.54 Å². The van der Waals surface area contributed by atoms with Gasteiger partial charge >= 0.3 is 0 Å². The zero-order valence-electron chi connectivity index (χ0n) is 8.03. The van der Waals surface area contributed by atoms with Gasteiger partial charge in [0, 0.05) is 30.1 Å². The van der Waals surface area contributed by atoms with Gasteiger partial charge < -0.3 is 4.57 Å². The molecule has 0 aliphatic rings. The second kappa shape index (κ2) is 5.55. The van der Waals surface area contributed by atoms with Gasteiger partial charge in [0.15, 0.2) is 5.16 Å². The summed E-state index contributed by atoms with van der Waals surface area (Å²) in [5.41, 5.74) is 0. The van der Waals surface area contributed by atoms with Gasteiger partial charge in [0.05, 0.1) is 0 Å². The summed E-state index contributed by atoms with van der Waals surface area (Å²) < 4.78 is 2.15. The first kappa shape index (κ1) is 10.9. The van der Waals surface area contributed by atoms with E-state index in [0.29, 0.717) is 5.25 Å². The van der Waals surface area contributed by atoms with E-state index in [1.807, 2.05) is 12.4 Å². The molecule has 1 atom stereocenters. The minimum absolute atomic E-state index is 0.546. The SMILES string of the molecule is CCn1ccnc1SC(C)CCCl. The largest absolute Gasteiger partial charge is 0.326 e. The summed E-state index contributed by atoms with van der Waals surface area (Å²) in [5, 5.41) is 1.64. The fourth-order valence-electron chi connectivity index (χ4n) is 1.05. The van der Waals surface area contributed by atoms with Crippen molar-refractivity contribution in [1.82, 2.24) is 9.55 Å². The summed E-state index contributed by atoms with van der Waals surface area (Å²) in [6, 6.07) is 0. The lowest BCUT2D eigenvalue weighted by atomic mass is 10.4. The van der Waals surface area contributed by atoms with E-state index in [2.05, 4.69) is 23.4 Å². The monoisotopic (exact) mass is 218 g/mol. The Bertz CT molecular complexity index is 250. The summed E-state index contributed by atoms with van der Waals surface area (Å²) in [6.07, 6.45) is 4.89. The lowest BCUT2D eigenvalue weighted by Crippen LogP contribution is -2.01. The van der Waals surface area contributed by atoms with Crippen molar-refractivity contribution in [2.45, 2.75) is 37.2 Å². The molecule has 0 radical (unpaired) electrons. The molecule has 0 amide bonds. The van der Waals surface area contributed by atoms with Gasteiger partial charge in [-0.1, -0.05) is 18.7 Å². The molecular formula is C9H15ClN2S. The molecule has 74 valence electrons. The van der Waals surface area contributed by atoms with Gasteiger partial charge in [0.1, 0.15) is 0 Å². The first-order valence-corrected chi connectivity index (χ1v) is 5.93. The fourth-order valence-corrected chi connectivity index (χ4v) is 2.55. The highest BCUT2D eigenvalue weighted by atomic mass is 35.5. The topological polar surface area (TPSA) is 17.8 Å². The minimum Gasteiger partial charge on any atom is -0.326 e. The highest BCUT2D eigenvalue weighted by molar-refractivity contribution is 7.99. The molecule has 0 aromatic carbocycles. The molecule has 1 heterocycles. The molecule has 13 heavy (non-hydrogen) atoms. The van der Waals surface area contributed by atoms with Gasteiger partial charge in [-0.2, -0.15) is 0 Å². The van der Waals surface area contributed by atoms with Gasteiger partial charge in [-0.3, -0.25) is 0 Å². The van der Waals surface area contributed by atoms with Crippen LogP contribution in [0.2, 0.25) is 0 Å². The van der Waals surface area contributed by atoms with E-state index in [4.69, 9.17) is 11.6 Å². The Labute approximate surface area is 88.7 Å². The van der Waals surface area contributed by atoms with E-state index >= 15 is 0 Å². The molecule has 0 bridgehead atoms. The van der Waals surface area contributed by atoms with Gasteiger partial charge in [-0.05, 0) is 13.3 Å². The molecule has 0 saturated carbocycles. The first-order valence-electron chi connectivity index (χ1n) is 4.51. The molecule has 0 N–H and O–H groups in total. The molecule has 0 saturated heterocycles. The maximum absolute atomic E-state index is 5.67. The summed E-state index contributed by atoms with van der Waals surface area (Å²) in [5.74, 6) is 0.723. The molecule has 0 spiro atoms. The van der Waals surface area contributed by atoms with E-state index in [0.717, 1.165) is 24.0 Å². The second-order valence-electron chi connectivity index (χ2n) is 2.90. The van der Waals surface area contributed by atoms with Crippen LogP contribution in [0.25, 0.3) is 0 Å².